The van der Waals surface area contributed by atoms with Crippen molar-refractivity contribution in [3.8, 4) is 22.9 Å². The molecule has 1 aromatic heterocycles. The van der Waals surface area contributed by atoms with Crippen molar-refractivity contribution in [2.45, 2.75) is 6.61 Å². The van der Waals surface area contributed by atoms with E-state index in [1.54, 1.807) is 12.1 Å². The summed E-state index contributed by atoms with van der Waals surface area (Å²) in [5, 5.41) is 9.54. The van der Waals surface area contributed by atoms with Gasteiger partial charge in [-0.2, -0.15) is 0 Å². The molecule has 0 aliphatic heterocycles. The highest BCUT2D eigenvalue weighted by molar-refractivity contribution is 5.60. The summed E-state index contributed by atoms with van der Waals surface area (Å²) in [5.74, 6) is 0.747. The van der Waals surface area contributed by atoms with Gasteiger partial charge in [0.2, 0.25) is 0 Å². The number of hydrogen-bond donors (Lipinski definition) is 2. The molecule has 0 atom stereocenters. The lowest BCUT2D eigenvalue weighted by Crippen LogP contribution is -2.10. The van der Waals surface area contributed by atoms with Crippen LogP contribution in [-0.2, 0) is 11.3 Å². The first-order chi connectivity index (χ1) is 9.13. The van der Waals surface area contributed by atoms with Crippen LogP contribution >= 0.6 is 0 Å². The van der Waals surface area contributed by atoms with Gasteiger partial charge in [-0.25, -0.2) is 4.98 Å². The van der Waals surface area contributed by atoms with Crippen molar-refractivity contribution in [3.63, 3.8) is 0 Å². The van der Waals surface area contributed by atoms with Gasteiger partial charge in [-0.15, -0.1) is 0 Å². The molecule has 0 amide bonds. The average Bonchev–Trinajstić information content (AvgIpc) is 2.39. The quantitative estimate of drug-likeness (QED) is 0.867. The van der Waals surface area contributed by atoms with E-state index >= 15 is 0 Å². The molecule has 0 aliphatic carbocycles. The Morgan fingerprint density at radius 2 is 2.11 bits per heavy atom. The average molecular weight is 262 g/mol. The predicted molar refractivity (Wildman–Crippen MR) is 69.2 cm³/mol. The van der Waals surface area contributed by atoms with Gasteiger partial charge in [0.15, 0.2) is 11.5 Å². The third-order valence-electron chi connectivity index (χ3n) is 2.54. The van der Waals surface area contributed by atoms with Crippen LogP contribution in [0.5, 0.6) is 11.5 Å². The summed E-state index contributed by atoms with van der Waals surface area (Å²) in [6.07, 6.45) is 0. The molecule has 0 fully saturated rings. The van der Waals surface area contributed by atoms with E-state index in [0.29, 0.717) is 22.8 Å². The van der Waals surface area contributed by atoms with Crippen molar-refractivity contribution in [2.75, 3.05) is 14.2 Å². The van der Waals surface area contributed by atoms with Crippen LogP contribution in [0.1, 0.15) is 5.69 Å². The summed E-state index contributed by atoms with van der Waals surface area (Å²) >= 11 is 0. The van der Waals surface area contributed by atoms with Gasteiger partial charge in [-0.1, -0.05) is 0 Å². The lowest BCUT2D eigenvalue weighted by molar-refractivity contribution is 0.181. The monoisotopic (exact) mass is 262 g/mol. The summed E-state index contributed by atoms with van der Waals surface area (Å²) < 4.78 is 9.98. The van der Waals surface area contributed by atoms with E-state index in [4.69, 9.17) is 9.47 Å². The second-order valence-corrected chi connectivity index (χ2v) is 3.90. The van der Waals surface area contributed by atoms with Gasteiger partial charge in [0.05, 0.1) is 19.4 Å². The first-order valence-corrected chi connectivity index (χ1v) is 5.60. The molecule has 1 heterocycles. The Morgan fingerprint density at radius 3 is 2.79 bits per heavy atom. The number of nitrogens with zero attached hydrogens (tertiary/aromatic N) is 1. The van der Waals surface area contributed by atoms with Crippen LogP contribution in [-0.4, -0.2) is 29.3 Å². The Morgan fingerprint density at radius 1 is 1.32 bits per heavy atom. The number of benzene rings is 1. The minimum atomic E-state index is -0.260. The summed E-state index contributed by atoms with van der Waals surface area (Å²) in [5.41, 5.74) is 0.919. The lowest BCUT2D eigenvalue weighted by atomic mass is 10.2. The smallest absolute Gasteiger partial charge is 0.251 e. The Kier molecular flexibility index (Phi) is 3.82. The molecule has 19 heavy (non-hydrogen) atoms. The van der Waals surface area contributed by atoms with E-state index in [1.807, 2.05) is 0 Å². The topological polar surface area (TPSA) is 84.4 Å². The van der Waals surface area contributed by atoms with Crippen LogP contribution in [0.25, 0.3) is 11.4 Å². The molecule has 6 heteroatoms. The second-order valence-electron chi connectivity index (χ2n) is 3.90. The summed E-state index contributed by atoms with van der Waals surface area (Å²) in [7, 11) is 2.99. The van der Waals surface area contributed by atoms with Crippen molar-refractivity contribution in [1.82, 2.24) is 9.97 Å². The number of nitrogens with one attached hydrogen (secondary N) is 1. The Hall–Kier alpha value is -2.34. The van der Waals surface area contributed by atoms with E-state index in [9.17, 15) is 9.90 Å². The zero-order chi connectivity index (χ0) is 13.8. The SMILES string of the molecule is COCc1cc(=O)[nH]c(-c2ccc(O)c(OC)c2)n1. The van der Waals surface area contributed by atoms with Gasteiger partial charge in [0, 0.05) is 18.7 Å². The lowest BCUT2D eigenvalue weighted by Gasteiger charge is -2.07. The van der Waals surface area contributed by atoms with Crippen molar-refractivity contribution in [2.24, 2.45) is 0 Å². The van der Waals surface area contributed by atoms with E-state index < -0.39 is 0 Å². The van der Waals surface area contributed by atoms with Gasteiger partial charge >= 0.3 is 0 Å². The van der Waals surface area contributed by atoms with Crippen LogP contribution in [0, 0.1) is 0 Å². The number of aromatic nitrogens is 2. The van der Waals surface area contributed by atoms with Gasteiger partial charge in [0.25, 0.3) is 5.56 Å². The van der Waals surface area contributed by atoms with Gasteiger partial charge in [0.1, 0.15) is 5.82 Å². The third kappa shape index (κ3) is 2.92. The van der Waals surface area contributed by atoms with E-state index in [2.05, 4.69) is 9.97 Å². The molecule has 0 unspecified atom stereocenters. The zero-order valence-corrected chi connectivity index (χ0v) is 10.6. The number of phenolic OH excluding ortho intramolecular Hbond substituents is 1. The number of methoxy groups -OCH3 is 2. The highest BCUT2D eigenvalue weighted by atomic mass is 16.5. The highest BCUT2D eigenvalue weighted by Gasteiger charge is 2.08. The second kappa shape index (κ2) is 5.53. The minimum Gasteiger partial charge on any atom is -0.504 e. The van der Waals surface area contributed by atoms with Crippen molar-refractivity contribution in [1.29, 1.82) is 0 Å². The Balaban J connectivity index is 2.49. The molecule has 0 saturated heterocycles. The fraction of sp³-hybridized carbons (Fsp3) is 0.231. The van der Waals surface area contributed by atoms with Crippen molar-refractivity contribution in [3.05, 3.63) is 40.3 Å². The van der Waals surface area contributed by atoms with Gasteiger partial charge in [-0.3, -0.25) is 4.79 Å². The molecular weight excluding hydrogens is 248 g/mol. The fourth-order valence-electron chi connectivity index (χ4n) is 1.69. The maximum absolute atomic E-state index is 11.5. The van der Waals surface area contributed by atoms with Crippen LogP contribution < -0.4 is 10.3 Å². The maximum Gasteiger partial charge on any atom is 0.251 e. The maximum atomic E-state index is 11.5. The Bertz CT molecular complexity index is 637. The number of hydrogen-bond acceptors (Lipinski definition) is 5. The standard InChI is InChI=1S/C13H14N2O4/c1-18-7-9-6-12(17)15-13(14-9)8-3-4-10(16)11(5-8)19-2/h3-6,16H,7H2,1-2H3,(H,14,15,17). The predicted octanol–water partition coefficient (Wildman–Crippen LogP) is 1.30. The molecule has 1 aromatic carbocycles. The molecule has 100 valence electrons. The zero-order valence-electron chi connectivity index (χ0n) is 10.6. The van der Waals surface area contributed by atoms with E-state index in [0.717, 1.165) is 0 Å². The molecule has 0 bridgehead atoms. The Labute approximate surface area is 109 Å². The fourth-order valence-corrected chi connectivity index (χ4v) is 1.69. The molecule has 2 aromatic rings. The summed E-state index contributed by atoms with van der Waals surface area (Å²) in [6, 6.07) is 6.11. The summed E-state index contributed by atoms with van der Waals surface area (Å²) in [6.45, 7) is 0.256. The van der Waals surface area contributed by atoms with Crippen LogP contribution in [0.4, 0.5) is 0 Å². The van der Waals surface area contributed by atoms with Gasteiger partial charge < -0.3 is 19.6 Å². The number of ether oxygens (including phenoxy) is 2. The number of rotatable bonds is 4. The van der Waals surface area contributed by atoms with Gasteiger partial charge in [-0.05, 0) is 18.2 Å². The number of phenols is 1. The number of H-pyrrole nitrogens is 1. The highest BCUT2D eigenvalue weighted by Crippen LogP contribution is 2.29. The van der Waals surface area contributed by atoms with Crippen molar-refractivity contribution < 1.29 is 14.6 Å². The molecule has 0 radical (unpaired) electrons. The summed E-state index contributed by atoms with van der Waals surface area (Å²) in [4.78, 5) is 18.5. The van der Waals surface area contributed by atoms with Crippen LogP contribution in [0.15, 0.2) is 29.1 Å². The van der Waals surface area contributed by atoms with Crippen molar-refractivity contribution >= 4 is 0 Å². The first-order valence-electron chi connectivity index (χ1n) is 5.60. The van der Waals surface area contributed by atoms with E-state index in [1.165, 1.54) is 26.4 Å². The molecular formula is C13H14N2O4. The normalized spacial score (nSPS) is 10.4. The minimum absolute atomic E-state index is 0.0293. The molecule has 0 spiro atoms. The molecule has 2 N–H and O–H groups in total. The van der Waals surface area contributed by atoms with Crippen LogP contribution in [0.2, 0.25) is 0 Å². The largest absolute Gasteiger partial charge is 0.504 e. The molecule has 0 aliphatic rings. The molecule has 2 rings (SSSR count). The molecule has 6 nitrogen and oxygen atoms in total. The molecule has 0 saturated carbocycles. The first kappa shape index (κ1) is 13.1. The van der Waals surface area contributed by atoms with Crippen LogP contribution in [0.3, 0.4) is 0 Å². The number of aromatic hydroxyl groups is 1. The third-order valence-corrected chi connectivity index (χ3v) is 2.54. The number of aromatic amines is 1. The van der Waals surface area contributed by atoms with E-state index in [-0.39, 0.29) is 17.9 Å².